The maximum Gasteiger partial charge on any atom is 0.273 e. The van der Waals surface area contributed by atoms with Gasteiger partial charge in [-0.2, -0.15) is 9.65 Å². The molecule has 0 fully saturated rings. The summed E-state index contributed by atoms with van der Waals surface area (Å²) in [4.78, 5) is 16.0. The minimum Gasteiger partial charge on any atom is -0.395 e. The van der Waals surface area contributed by atoms with E-state index in [2.05, 4.69) is 15.0 Å². The van der Waals surface area contributed by atoms with E-state index in [1.54, 1.807) is 6.07 Å². The van der Waals surface area contributed by atoms with Crippen LogP contribution in [-0.4, -0.2) is 41.6 Å². The van der Waals surface area contributed by atoms with Crippen LogP contribution < -0.4 is 10.0 Å². The van der Waals surface area contributed by atoms with Crippen LogP contribution in [0.4, 0.5) is 10.1 Å². The predicted molar refractivity (Wildman–Crippen MR) is 101 cm³/mol. The van der Waals surface area contributed by atoms with Crippen LogP contribution >= 0.6 is 11.6 Å². The molecule has 29 heavy (non-hydrogen) atoms. The lowest BCUT2D eigenvalue weighted by Crippen LogP contribution is -2.35. The number of carbonyl (C=O) groups excluding carboxylic acids is 1. The van der Waals surface area contributed by atoms with Crippen LogP contribution in [0, 0.1) is 17.3 Å². The molecule has 2 aromatic rings. The Morgan fingerprint density at radius 1 is 1.52 bits per heavy atom. The van der Waals surface area contributed by atoms with E-state index in [4.69, 9.17) is 22.0 Å². The highest BCUT2D eigenvalue weighted by atomic mass is 35.5. The molecular formula is C17H17ClFN5O4S. The van der Waals surface area contributed by atoms with Gasteiger partial charge in [0.1, 0.15) is 22.4 Å². The molecular weight excluding hydrogens is 425 g/mol. The van der Waals surface area contributed by atoms with E-state index in [-0.39, 0.29) is 27.0 Å². The Bertz CT molecular complexity index is 1130. The number of hydrogen-bond donors (Lipinski definition) is 3. The van der Waals surface area contributed by atoms with Crippen LogP contribution in [0.15, 0.2) is 17.0 Å². The maximum atomic E-state index is 13.5. The Labute approximate surface area is 171 Å². The van der Waals surface area contributed by atoms with E-state index in [1.165, 1.54) is 17.6 Å². The number of aliphatic hydroxyl groups excluding tert-OH is 1. The monoisotopic (exact) mass is 441 g/mol. The quantitative estimate of drug-likeness (QED) is 0.579. The third-order valence-electron chi connectivity index (χ3n) is 4.34. The van der Waals surface area contributed by atoms with E-state index in [9.17, 15) is 17.6 Å². The van der Waals surface area contributed by atoms with E-state index in [1.807, 2.05) is 0 Å². The second-order valence-corrected chi connectivity index (χ2v) is 8.56. The fourth-order valence-corrected chi connectivity index (χ4v) is 5.36. The van der Waals surface area contributed by atoms with Gasteiger partial charge in [-0.15, -0.1) is 0 Å². The summed E-state index contributed by atoms with van der Waals surface area (Å²) in [5.74, 6) is -1.69. The van der Waals surface area contributed by atoms with Gasteiger partial charge in [0.05, 0.1) is 11.6 Å². The molecule has 1 atom stereocenters. The van der Waals surface area contributed by atoms with Gasteiger partial charge in [-0.25, -0.2) is 18.1 Å². The molecule has 1 amide bonds. The first kappa shape index (κ1) is 21.2. The van der Waals surface area contributed by atoms with Crippen molar-refractivity contribution in [2.45, 2.75) is 37.2 Å². The number of carbonyl (C=O) groups is 1. The number of aromatic nitrogens is 2. The Morgan fingerprint density at radius 2 is 2.24 bits per heavy atom. The van der Waals surface area contributed by atoms with Gasteiger partial charge in [-0.1, -0.05) is 11.6 Å². The molecule has 0 radical (unpaired) electrons. The first-order valence-electron chi connectivity index (χ1n) is 8.61. The fraction of sp³-hybridized carbons (Fsp3) is 0.353. The van der Waals surface area contributed by atoms with Crippen LogP contribution in [0.5, 0.6) is 0 Å². The minimum absolute atomic E-state index is 0.0138. The highest BCUT2D eigenvalue weighted by Crippen LogP contribution is 2.36. The molecule has 0 saturated carbocycles. The molecule has 3 N–H and O–H groups in total. The average molecular weight is 442 g/mol. The molecule has 154 valence electrons. The number of aliphatic hydroxyl groups is 1. The van der Waals surface area contributed by atoms with Gasteiger partial charge in [0.2, 0.25) is 16.0 Å². The standard InChI is InChI=1S/C17H17ClFN5O4S/c1-9(8-25)23-29(27,28)16-12-3-2-4-24(12)15(14(16)18)17(26)22-10-5-11(7-20)21-13(19)6-10/h5-6,9,23,25H,2-4,8H2,1H3,(H,21,22,26). The van der Waals surface area contributed by atoms with Crippen molar-refractivity contribution in [3.05, 3.63) is 40.2 Å². The van der Waals surface area contributed by atoms with E-state index in [0.717, 1.165) is 6.07 Å². The van der Waals surface area contributed by atoms with E-state index in [0.29, 0.717) is 25.1 Å². The highest BCUT2D eigenvalue weighted by molar-refractivity contribution is 7.89. The van der Waals surface area contributed by atoms with Crippen molar-refractivity contribution in [3.63, 3.8) is 0 Å². The summed E-state index contributed by atoms with van der Waals surface area (Å²) in [6.07, 6.45) is 1.02. The summed E-state index contributed by atoms with van der Waals surface area (Å²) in [7, 11) is -4.09. The Kier molecular flexibility index (Phi) is 5.90. The number of nitrogens with zero attached hydrogens (tertiary/aromatic N) is 3. The van der Waals surface area contributed by atoms with Gasteiger partial charge in [0.15, 0.2) is 0 Å². The third kappa shape index (κ3) is 4.11. The van der Waals surface area contributed by atoms with E-state index < -0.39 is 34.5 Å². The zero-order valence-corrected chi connectivity index (χ0v) is 16.8. The molecule has 3 rings (SSSR count). The van der Waals surface area contributed by atoms with Crippen LogP contribution in [0.25, 0.3) is 0 Å². The van der Waals surface area contributed by atoms with Gasteiger partial charge in [0.25, 0.3) is 5.91 Å². The SMILES string of the molecule is CC(CO)NS(=O)(=O)c1c(Cl)c(C(=O)Nc2cc(F)nc(C#N)c2)n2c1CCC2. The minimum atomic E-state index is -4.09. The van der Waals surface area contributed by atoms with Crippen LogP contribution in [0.2, 0.25) is 5.02 Å². The van der Waals surface area contributed by atoms with Crippen LogP contribution in [0.1, 0.15) is 35.2 Å². The van der Waals surface area contributed by atoms with Crippen molar-refractivity contribution in [3.8, 4) is 6.07 Å². The molecule has 1 unspecified atom stereocenters. The van der Waals surface area contributed by atoms with Gasteiger partial charge in [-0.3, -0.25) is 4.79 Å². The fourth-order valence-electron chi connectivity index (χ4n) is 3.18. The topological polar surface area (TPSA) is 137 Å². The smallest absolute Gasteiger partial charge is 0.273 e. The Balaban J connectivity index is 2.02. The Morgan fingerprint density at radius 3 is 2.90 bits per heavy atom. The number of sulfonamides is 1. The zero-order chi connectivity index (χ0) is 21.3. The van der Waals surface area contributed by atoms with Gasteiger partial charge in [-0.05, 0) is 25.8 Å². The summed E-state index contributed by atoms with van der Waals surface area (Å²) in [5, 5.41) is 20.2. The molecule has 2 aromatic heterocycles. The number of halogens is 2. The second-order valence-electron chi connectivity index (χ2n) is 6.53. The number of anilines is 1. The third-order valence-corrected chi connectivity index (χ3v) is 6.51. The molecule has 0 spiro atoms. The maximum absolute atomic E-state index is 13.5. The summed E-state index contributed by atoms with van der Waals surface area (Å²) in [6, 6.07) is 3.06. The number of nitriles is 1. The van der Waals surface area contributed by atoms with Crippen molar-refractivity contribution in [1.82, 2.24) is 14.3 Å². The molecule has 0 aromatic carbocycles. The van der Waals surface area contributed by atoms with Gasteiger partial charge in [0, 0.05) is 30.0 Å². The molecule has 3 heterocycles. The van der Waals surface area contributed by atoms with Crippen molar-refractivity contribution in [1.29, 1.82) is 5.26 Å². The highest BCUT2D eigenvalue weighted by Gasteiger charge is 2.35. The number of rotatable bonds is 6. The van der Waals surface area contributed by atoms with Gasteiger partial charge < -0.3 is 15.0 Å². The zero-order valence-electron chi connectivity index (χ0n) is 15.2. The lowest BCUT2D eigenvalue weighted by Gasteiger charge is -2.12. The van der Waals surface area contributed by atoms with Crippen LogP contribution in [0.3, 0.4) is 0 Å². The molecule has 0 bridgehead atoms. The largest absolute Gasteiger partial charge is 0.395 e. The average Bonchev–Trinajstić information content (AvgIpc) is 3.19. The number of nitrogens with one attached hydrogen (secondary N) is 2. The molecule has 0 saturated heterocycles. The molecule has 12 heteroatoms. The first-order chi connectivity index (χ1) is 13.7. The molecule has 1 aliphatic heterocycles. The van der Waals surface area contributed by atoms with Crippen molar-refractivity contribution in [2.24, 2.45) is 0 Å². The number of amides is 1. The summed E-state index contributed by atoms with van der Waals surface area (Å²) in [5.41, 5.74) is 0.0701. The van der Waals surface area contributed by atoms with Crippen molar-refractivity contribution < 1.29 is 22.7 Å². The molecule has 9 nitrogen and oxygen atoms in total. The summed E-state index contributed by atoms with van der Waals surface area (Å²) in [6.45, 7) is 1.46. The number of pyridine rings is 1. The van der Waals surface area contributed by atoms with Crippen molar-refractivity contribution >= 4 is 33.2 Å². The van der Waals surface area contributed by atoms with Crippen LogP contribution in [-0.2, 0) is 23.0 Å². The molecule has 0 aliphatic carbocycles. The normalized spacial score (nSPS) is 14.3. The summed E-state index contributed by atoms with van der Waals surface area (Å²) < 4.78 is 42.9. The van der Waals surface area contributed by atoms with Crippen molar-refractivity contribution in [2.75, 3.05) is 11.9 Å². The predicted octanol–water partition coefficient (Wildman–Crippen LogP) is 1.40. The number of hydrogen-bond acceptors (Lipinski definition) is 6. The lowest BCUT2D eigenvalue weighted by atomic mass is 10.2. The summed E-state index contributed by atoms with van der Waals surface area (Å²) >= 11 is 6.31. The van der Waals surface area contributed by atoms with Gasteiger partial charge >= 0.3 is 0 Å². The number of fused-ring (bicyclic) bond motifs is 1. The molecule has 1 aliphatic rings. The lowest BCUT2D eigenvalue weighted by molar-refractivity contribution is 0.101. The second kappa shape index (κ2) is 8.08. The Hall–Kier alpha value is -2.52. The first-order valence-corrected chi connectivity index (χ1v) is 10.5. The van der Waals surface area contributed by atoms with E-state index >= 15 is 0 Å².